The van der Waals surface area contributed by atoms with Gasteiger partial charge in [-0.25, -0.2) is 0 Å². The number of rotatable bonds is 5. The second-order valence-electron chi connectivity index (χ2n) is 4.30. The SMILES string of the molecule is CC(CCS)CCn1c(C(F)(F)F)cccc1=O. The molecule has 18 heavy (non-hydrogen) atoms. The molecule has 0 spiro atoms. The summed E-state index contributed by atoms with van der Waals surface area (Å²) in [4.78, 5) is 11.5. The number of alkyl halides is 3. The summed E-state index contributed by atoms with van der Waals surface area (Å²) < 4.78 is 39.0. The Hall–Kier alpha value is -0.910. The highest BCUT2D eigenvalue weighted by Gasteiger charge is 2.34. The van der Waals surface area contributed by atoms with Gasteiger partial charge in [0.2, 0.25) is 0 Å². The van der Waals surface area contributed by atoms with Crippen LogP contribution in [-0.4, -0.2) is 10.3 Å². The highest BCUT2D eigenvalue weighted by molar-refractivity contribution is 7.80. The fourth-order valence-corrected chi connectivity index (χ4v) is 2.15. The molecular formula is C12H16F3NOS. The molecule has 1 aromatic heterocycles. The summed E-state index contributed by atoms with van der Waals surface area (Å²) in [7, 11) is 0. The van der Waals surface area contributed by atoms with E-state index in [0.717, 1.165) is 29.2 Å². The van der Waals surface area contributed by atoms with E-state index in [1.807, 2.05) is 6.92 Å². The monoisotopic (exact) mass is 279 g/mol. The van der Waals surface area contributed by atoms with Gasteiger partial charge < -0.3 is 4.57 Å². The molecule has 0 fully saturated rings. The third-order valence-electron chi connectivity index (χ3n) is 2.81. The van der Waals surface area contributed by atoms with Gasteiger partial charge in [-0.05, 0) is 30.6 Å². The van der Waals surface area contributed by atoms with Crippen molar-refractivity contribution in [2.45, 2.75) is 32.5 Å². The van der Waals surface area contributed by atoms with Gasteiger partial charge in [0.05, 0.1) is 0 Å². The maximum absolute atomic E-state index is 12.7. The lowest BCUT2D eigenvalue weighted by atomic mass is 10.1. The normalized spacial score (nSPS) is 13.6. The highest BCUT2D eigenvalue weighted by Crippen LogP contribution is 2.28. The summed E-state index contributed by atoms with van der Waals surface area (Å²) in [5.41, 5.74) is -1.49. The molecular weight excluding hydrogens is 263 g/mol. The molecule has 0 aliphatic rings. The molecule has 0 radical (unpaired) electrons. The zero-order valence-corrected chi connectivity index (χ0v) is 11.0. The van der Waals surface area contributed by atoms with Gasteiger partial charge in [-0.15, -0.1) is 0 Å². The Morgan fingerprint density at radius 3 is 2.56 bits per heavy atom. The Morgan fingerprint density at radius 2 is 2.00 bits per heavy atom. The summed E-state index contributed by atoms with van der Waals surface area (Å²) in [6.45, 7) is 2.03. The first-order chi connectivity index (χ1) is 8.36. The summed E-state index contributed by atoms with van der Waals surface area (Å²) in [6, 6.07) is 3.22. The van der Waals surface area contributed by atoms with E-state index >= 15 is 0 Å². The number of hydrogen-bond acceptors (Lipinski definition) is 2. The Kier molecular flexibility index (Phi) is 5.31. The molecule has 2 nitrogen and oxygen atoms in total. The number of halogens is 3. The van der Waals surface area contributed by atoms with Crippen LogP contribution in [0, 0.1) is 5.92 Å². The largest absolute Gasteiger partial charge is 0.431 e. The van der Waals surface area contributed by atoms with Crippen molar-refractivity contribution in [3.63, 3.8) is 0 Å². The molecule has 1 aromatic rings. The van der Waals surface area contributed by atoms with Crippen molar-refractivity contribution in [2.24, 2.45) is 5.92 Å². The van der Waals surface area contributed by atoms with E-state index in [-0.39, 0.29) is 12.5 Å². The van der Waals surface area contributed by atoms with Crippen molar-refractivity contribution in [3.05, 3.63) is 34.2 Å². The molecule has 6 heteroatoms. The van der Waals surface area contributed by atoms with Crippen molar-refractivity contribution >= 4 is 12.6 Å². The van der Waals surface area contributed by atoms with Crippen LogP contribution in [0.3, 0.4) is 0 Å². The second kappa shape index (κ2) is 6.31. The molecule has 0 bridgehead atoms. The van der Waals surface area contributed by atoms with Crippen molar-refractivity contribution < 1.29 is 13.2 Å². The van der Waals surface area contributed by atoms with Crippen molar-refractivity contribution in [3.8, 4) is 0 Å². The van der Waals surface area contributed by atoms with Crippen molar-refractivity contribution in [2.75, 3.05) is 5.75 Å². The first kappa shape index (κ1) is 15.1. The van der Waals surface area contributed by atoms with E-state index < -0.39 is 17.4 Å². The predicted molar refractivity (Wildman–Crippen MR) is 68.0 cm³/mol. The quantitative estimate of drug-likeness (QED) is 0.821. The zero-order valence-electron chi connectivity index (χ0n) is 10.1. The first-order valence-corrected chi connectivity index (χ1v) is 6.37. The number of pyridine rings is 1. The lowest BCUT2D eigenvalue weighted by Crippen LogP contribution is -2.27. The Balaban J connectivity index is 2.91. The molecule has 0 aromatic carbocycles. The Morgan fingerprint density at radius 1 is 1.33 bits per heavy atom. The Labute approximate surface area is 109 Å². The Bertz CT molecular complexity index is 442. The van der Waals surface area contributed by atoms with Gasteiger partial charge >= 0.3 is 6.18 Å². The van der Waals surface area contributed by atoms with E-state index in [2.05, 4.69) is 12.6 Å². The van der Waals surface area contributed by atoms with E-state index in [1.165, 1.54) is 0 Å². The van der Waals surface area contributed by atoms with Gasteiger partial charge in [0, 0.05) is 12.6 Å². The minimum atomic E-state index is -4.49. The van der Waals surface area contributed by atoms with E-state index in [4.69, 9.17) is 0 Å². The predicted octanol–water partition coefficient (Wildman–Crippen LogP) is 3.21. The zero-order chi connectivity index (χ0) is 13.8. The molecule has 0 aliphatic heterocycles. The van der Waals surface area contributed by atoms with Crippen LogP contribution in [0.15, 0.2) is 23.0 Å². The molecule has 1 atom stereocenters. The molecule has 0 saturated carbocycles. The van der Waals surface area contributed by atoms with Gasteiger partial charge in [0.1, 0.15) is 5.69 Å². The molecule has 0 aliphatic carbocycles. The van der Waals surface area contributed by atoms with Crippen LogP contribution >= 0.6 is 12.6 Å². The second-order valence-corrected chi connectivity index (χ2v) is 4.75. The minimum Gasteiger partial charge on any atom is -0.304 e. The van der Waals surface area contributed by atoms with Crippen molar-refractivity contribution in [1.29, 1.82) is 0 Å². The van der Waals surface area contributed by atoms with Crippen LogP contribution in [-0.2, 0) is 12.7 Å². The molecule has 1 rings (SSSR count). The highest BCUT2D eigenvalue weighted by atomic mass is 32.1. The van der Waals surface area contributed by atoms with Crippen molar-refractivity contribution in [1.82, 2.24) is 4.57 Å². The van der Waals surface area contributed by atoms with E-state index in [0.29, 0.717) is 12.2 Å². The van der Waals surface area contributed by atoms with Gasteiger partial charge in [0.25, 0.3) is 5.56 Å². The molecule has 1 heterocycles. The van der Waals surface area contributed by atoms with Crippen LogP contribution in [0.2, 0.25) is 0 Å². The van der Waals surface area contributed by atoms with Crippen LogP contribution in [0.25, 0.3) is 0 Å². The third-order valence-corrected chi connectivity index (χ3v) is 3.07. The fourth-order valence-electron chi connectivity index (χ4n) is 1.71. The topological polar surface area (TPSA) is 22.0 Å². The number of nitrogens with zero attached hydrogens (tertiary/aromatic N) is 1. The average Bonchev–Trinajstić information content (AvgIpc) is 2.26. The summed E-state index contributed by atoms with van der Waals surface area (Å²) in [5, 5.41) is 0. The number of aromatic nitrogens is 1. The standard InChI is InChI=1S/C12H16F3NOS/c1-9(6-8-18)5-7-16-10(12(13,14)15)3-2-4-11(16)17/h2-4,9,18H,5-8H2,1H3. The molecule has 0 amide bonds. The maximum atomic E-state index is 12.7. The lowest BCUT2D eigenvalue weighted by Gasteiger charge is -2.16. The molecule has 0 N–H and O–H groups in total. The molecule has 0 saturated heterocycles. The van der Waals surface area contributed by atoms with E-state index in [9.17, 15) is 18.0 Å². The molecule has 102 valence electrons. The fraction of sp³-hybridized carbons (Fsp3) is 0.583. The third kappa shape index (κ3) is 4.08. The van der Waals surface area contributed by atoms with Gasteiger partial charge in [0.15, 0.2) is 0 Å². The van der Waals surface area contributed by atoms with Gasteiger partial charge in [-0.1, -0.05) is 13.0 Å². The number of thiol groups is 1. The smallest absolute Gasteiger partial charge is 0.304 e. The van der Waals surface area contributed by atoms with Crippen LogP contribution in [0.5, 0.6) is 0 Å². The van der Waals surface area contributed by atoms with Crippen LogP contribution in [0.4, 0.5) is 13.2 Å². The van der Waals surface area contributed by atoms with Crippen LogP contribution in [0.1, 0.15) is 25.5 Å². The van der Waals surface area contributed by atoms with Crippen LogP contribution < -0.4 is 5.56 Å². The lowest BCUT2D eigenvalue weighted by molar-refractivity contribution is -0.144. The van der Waals surface area contributed by atoms with Gasteiger partial charge in [-0.3, -0.25) is 4.79 Å². The summed E-state index contributed by atoms with van der Waals surface area (Å²) in [5.74, 6) is 0.937. The average molecular weight is 279 g/mol. The summed E-state index contributed by atoms with van der Waals surface area (Å²) in [6.07, 6.45) is -3.13. The minimum absolute atomic E-state index is 0.0868. The maximum Gasteiger partial charge on any atom is 0.431 e. The first-order valence-electron chi connectivity index (χ1n) is 5.74. The number of hydrogen-bond donors (Lipinski definition) is 1. The van der Waals surface area contributed by atoms with E-state index in [1.54, 1.807) is 0 Å². The summed E-state index contributed by atoms with van der Waals surface area (Å²) >= 11 is 4.08. The molecule has 1 unspecified atom stereocenters. The van der Waals surface area contributed by atoms with Gasteiger partial charge in [-0.2, -0.15) is 25.8 Å².